The van der Waals surface area contributed by atoms with E-state index in [1.54, 1.807) is 20.0 Å². The summed E-state index contributed by atoms with van der Waals surface area (Å²) in [5.41, 5.74) is 0.872. The Hall–Kier alpha value is -1.09. The van der Waals surface area contributed by atoms with Crippen LogP contribution in [0, 0.1) is 0 Å². The van der Waals surface area contributed by atoms with Crippen LogP contribution in [-0.2, 0) is 5.60 Å². The lowest BCUT2D eigenvalue weighted by Gasteiger charge is -2.19. The van der Waals surface area contributed by atoms with E-state index in [4.69, 9.17) is 0 Å². The SMILES string of the molecule is CN(C)c1ccnc(C(C)(C)O)c1. The highest BCUT2D eigenvalue weighted by atomic mass is 16.3. The van der Waals surface area contributed by atoms with Crippen molar-refractivity contribution in [1.82, 2.24) is 4.98 Å². The molecule has 0 unspecified atom stereocenters. The molecular weight excluding hydrogens is 164 g/mol. The van der Waals surface area contributed by atoms with E-state index in [1.165, 1.54) is 0 Å². The summed E-state index contributed by atoms with van der Waals surface area (Å²) in [4.78, 5) is 6.10. The minimum Gasteiger partial charge on any atom is -0.384 e. The zero-order valence-electron chi connectivity index (χ0n) is 8.57. The van der Waals surface area contributed by atoms with Crippen molar-refractivity contribution in [3.63, 3.8) is 0 Å². The van der Waals surface area contributed by atoms with Crippen molar-refractivity contribution in [1.29, 1.82) is 0 Å². The Bertz CT molecular complexity index is 289. The standard InChI is InChI=1S/C10H16N2O/c1-10(2,13)9-7-8(12(3)4)5-6-11-9/h5-7,13H,1-4H3. The fourth-order valence-corrected chi connectivity index (χ4v) is 1.03. The maximum Gasteiger partial charge on any atom is 0.101 e. The molecule has 0 saturated heterocycles. The number of hydrogen-bond donors (Lipinski definition) is 1. The van der Waals surface area contributed by atoms with Crippen LogP contribution < -0.4 is 4.90 Å². The molecule has 0 atom stereocenters. The molecule has 0 aliphatic rings. The van der Waals surface area contributed by atoms with E-state index in [0.717, 1.165) is 5.69 Å². The van der Waals surface area contributed by atoms with Gasteiger partial charge in [0, 0.05) is 26.0 Å². The van der Waals surface area contributed by atoms with Crippen LogP contribution in [0.25, 0.3) is 0 Å². The average molecular weight is 180 g/mol. The normalized spacial score (nSPS) is 11.5. The van der Waals surface area contributed by atoms with Gasteiger partial charge in [-0.3, -0.25) is 4.98 Å². The Labute approximate surface area is 79.0 Å². The molecule has 0 aromatic carbocycles. The second kappa shape index (κ2) is 3.34. The third-order valence-electron chi connectivity index (χ3n) is 1.89. The fraction of sp³-hybridized carbons (Fsp3) is 0.500. The first kappa shape index (κ1) is 9.99. The maximum absolute atomic E-state index is 9.71. The highest BCUT2D eigenvalue weighted by molar-refractivity contribution is 5.45. The second-order valence-electron chi connectivity index (χ2n) is 3.85. The van der Waals surface area contributed by atoms with E-state index >= 15 is 0 Å². The Morgan fingerprint density at radius 3 is 2.46 bits per heavy atom. The van der Waals surface area contributed by atoms with Crippen LogP contribution in [0.15, 0.2) is 18.3 Å². The highest BCUT2D eigenvalue weighted by Crippen LogP contribution is 2.20. The van der Waals surface area contributed by atoms with Gasteiger partial charge in [-0.05, 0) is 26.0 Å². The van der Waals surface area contributed by atoms with Gasteiger partial charge in [-0.15, -0.1) is 0 Å². The molecule has 1 aromatic rings. The molecule has 13 heavy (non-hydrogen) atoms. The number of hydrogen-bond acceptors (Lipinski definition) is 3. The molecule has 72 valence electrons. The van der Waals surface area contributed by atoms with Crippen molar-refractivity contribution in [2.75, 3.05) is 19.0 Å². The first-order valence-electron chi connectivity index (χ1n) is 4.27. The zero-order valence-corrected chi connectivity index (χ0v) is 8.57. The summed E-state index contributed by atoms with van der Waals surface area (Å²) in [7, 11) is 3.92. The first-order chi connectivity index (χ1) is 5.91. The zero-order chi connectivity index (χ0) is 10.1. The van der Waals surface area contributed by atoms with Crippen molar-refractivity contribution in [2.24, 2.45) is 0 Å². The second-order valence-corrected chi connectivity index (χ2v) is 3.85. The van der Waals surface area contributed by atoms with Crippen LogP contribution in [-0.4, -0.2) is 24.2 Å². The first-order valence-corrected chi connectivity index (χ1v) is 4.27. The van der Waals surface area contributed by atoms with Crippen molar-refractivity contribution >= 4 is 5.69 Å². The smallest absolute Gasteiger partial charge is 0.101 e. The summed E-state index contributed by atoms with van der Waals surface area (Å²) in [5, 5.41) is 9.71. The Kier molecular flexibility index (Phi) is 2.57. The van der Waals surface area contributed by atoms with Gasteiger partial charge >= 0.3 is 0 Å². The van der Waals surface area contributed by atoms with Crippen molar-refractivity contribution < 1.29 is 5.11 Å². The van der Waals surface area contributed by atoms with Gasteiger partial charge in [-0.1, -0.05) is 0 Å². The van der Waals surface area contributed by atoms with E-state index in [-0.39, 0.29) is 0 Å². The van der Waals surface area contributed by atoms with Gasteiger partial charge in [0.2, 0.25) is 0 Å². The van der Waals surface area contributed by atoms with Gasteiger partial charge < -0.3 is 10.0 Å². The summed E-state index contributed by atoms with van der Waals surface area (Å²) >= 11 is 0. The fourth-order valence-electron chi connectivity index (χ4n) is 1.03. The predicted octanol–water partition coefficient (Wildman–Crippen LogP) is 1.37. The molecule has 0 bridgehead atoms. The van der Waals surface area contributed by atoms with Crippen molar-refractivity contribution in [3.05, 3.63) is 24.0 Å². The van der Waals surface area contributed by atoms with E-state index in [0.29, 0.717) is 5.69 Å². The van der Waals surface area contributed by atoms with Crippen LogP contribution in [0.3, 0.4) is 0 Å². The van der Waals surface area contributed by atoms with Gasteiger partial charge in [-0.2, -0.15) is 0 Å². The van der Waals surface area contributed by atoms with Gasteiger partial charge in [0.1, 0.15) is 5.60 Å². The molecule has 0 aliphatic carbocycles. The lowest BCUT2D eigenvalue weighted by Crippen LogP contribution is -2.18. The summed E-state index contributed by atoms with van der Waals surface area (Å²) in [5.74, 6) is 0. The third-order valence-corrected chi connectivity index (χ3v) is 1.89. The molecule has 0 fully saturated rings. The number of anilines is 1. The highest BCUT2D eigenvalue weighted by Gasteiger charge is 2.17. The van der Waals surface area contributed by atoms with E-state index in [1.807, 2.05) is 31.1 Å². The summed E-state index contributed by atoms with van der Waals surface area (Å²) in [6.45, 7) is 3.46. The molecule has 1 rings (SSSR count). The van der Waals surface area contributed by atoms with Crippen LogP contribution >= 0.6 is 0 Å². The molecule has 3 nitrogen and oxygen atoms in total. The molecule has 0 saturated carbocycles. The molecule has 1 heterocycles. The quantitative estimate of drug-likeness (QED) is 0.747. The number of rotatable bonds is 2. The van der Waals surface area contributed by atoms with Crippen LogP contribution in [0.1, 0.15) is 19.5 Å². The van der Waals surface area contributed by atoms with Gasteiger partial charge in [0.15, 0.2) is 0 Å². The van der Waals surface area contributed by atoms with Crippen molar-refractivity contribution in [2.45, 2.75) is 19.4 Å². The molecule has 3 heteroatoms. The monoisotopic (exact) mass is 180 g/mol. The van der Waals surface area contributed by atoms with Crippen molar-refractivity contribution in [3.8, 4) is 0 Å². The summed E-state index contributed by atoms with van der Waals surface area (Å²) in [6, 6.07) is 3.80. The van der Waals surface area contributed by atoms with E-state index < -0.39 is 5.60 Å². The Morgan fingerprint density at radius 2 is 2.00 bits per heavy atom. The number of pyridine rings is 1. The van der Waals surface area contributed by atoms with Gasteiger partial charge in [-0.25, -0.2) is 0 Å². The minimum absolute atomic E-state index is 0.693. The lowest BCUT2D eigenvalue weighted by atomic mass is 10.0. The van der Waals surface area contributed by atoms with Gasteiger partial charge in [0.05, 0.1) is 5.69 Å². The van der Waals surface area contributed by atoms with E-state index in [2.05, 4.69) is 4.98 Å². The minimum atomic E-state index is -0.869. The molecular formula is C10H16N2O. The molecule has 1 aromatic heterocycles. The molecule has 1 N–H and O–H groups in total. The Morgan fingerprint density at radius 1 is 1.38 bits per heavy atom. The topological polar surface area (TPSA) is 36.4 Å². The van der Waals surface area contributed by atoms with Crippen LogP contribution in [0.5, 0.6) is 0 Å². The lowest BCUT2D eigenvalue weighted by molar-refractivity contribution is 0.0739. The summed E-state index contributed by atoms with van der Waals surface area (Å²) < 4.78 is 0. The number of nitrogens with zero attached hydrogens (tertiary/aromatic N) is 2. The Balaban J connectivity index is 3.06. The third kappa shape index (κ3) is 2.42. The van der Waals surface area contributed by atoms with Gasteiger partial charge in [0.25, 0.3) is 0 Å². The summed E-state index contributed by atoms with van der Waals surface area (Å²) in [6.07, 6.45) is 1.71. The van der Waals surface area contributed by atoms with Crippen LogP contribution in [0.4, 0.5) is 5.69 Å². The van der Waals surface area contributed by atoms with E-state index in [9.17, 15) is 5.11 Å². The van der Waals surface area contributed by atoms with Crippen LogP contribution in [0.2, 0.25) is 0 Å². The maximum atomic E-state index is 9.71. The molecule has 0 spiro atoms. The number of aromatic nitrogens is 1. The average Bonchev–Trinajstić information content (AvgIpc) is 2.03. The number of aliphatic hydroxyl groups is 1. The molecule has 0 radical (unpaired) electrons. The largest absolute Gasteiger partial charge is 0.384 e. The molecule has 0 aliphatic heterocycles. The molecule has 0 amide bonds. The predicted molar refractivity (Wildman–Crippen MR) is 53.8 cm³/mol.